The first-order valence-electron chi connectivity index (χ1n) is 8.01. The second-order valence-corrected chi connectivity index (χ2v) is 5.95. The highest BCUT2D eigenvalue weighted by molar-refractivity contribution is 5.76. The van der Waals surface area contributed by atoms with Gasteiger partial charge < -0.3 is 11.1 Å². The van der Waals surface area contributed by atoms with Gasteiger partial charge >= 0.3 is 0 Å². The number of aryl methyl sites for hydroxylation is 1. The van der Waals surface area contributed by atoms with Crippen molar-refractivity contribution in [3.8, 4) is 0 Å². The Morgan fingerprint density at radius 3 is 2.71 bits per heavy atom. The van der Waals surface area contributed by atoms with Gasteiger partial charge in [0.15, 0.2) is 0 Å². The van der Waals surface area contributed by atoms with E-state index >= 15 is 0 Å². The summed E-state index contributed by atoms with van der Waals surface area (Å²) < 4.78 is 0. The number of carbonyl (C=O) groups excluding carboxylic acids is 1. The predicted molar refractivity (Wildman–Crippen MR) is 87.1 cm³/mol. The normalized spacial score (nSPS) is 17.4. The van der Waals surface area contributed by atoms with Gasteiger partial charge in [0.2, 0.25) is 5.91 Å². The first kappa shape index (κ1) is 15.8. The van der Waals surface area contributed by atoms with Crippen molar-refractivity contribution in [2.75, 3.05) is 25.4 Å². The van der Waals surface area contributed by atoms with E-state index in [1.165, 1.54) is 19.3 Å². The molecule has 0 spiro atoms. The minimum Gasteiger partial charge on any atom is -0.399 e. The van der Waals surface area contributed by atoms with Crippen LogP contribution in [0, 0.1) is 0 Å². The lowest BCUT2D eigenvalue weighted by atomic mass is 10.1. The highest BCUT2D eigenvalue weighted by Crippen LogP contribution is 2.13. The Labute approximate surface area is 127 Å². The highest BCUT2D eigenvalue weighted by atomic mass is 16.1. The molecule has 0 saturated carbocycles. The molecule has 3 N–H and O–H groups in total. The molecule has 116 valence electrons. The summed E-state index contributed by atoms with van der Waals surface area (Å²) in [7, 11) is 0. The van der Waals surface area contributed by atoms with Gasteiger partial charge in [-0.2, -0.15) is 0 Å². The van der Waals surface area contributed by atoms with E-state index < -0.39 is 0 Å². The quantitative estimate of drug-likeness (QED) is 0.789. The summed E-state index contributed by atoms with van der Waals surface area (Å²) in [5.41, 5.74) is 7.71. The number of nitrogens with two attached hydrogens (primary N) is 1. The summed E-state index contributed by atoms with van der Waals surface area (Å²) >= 11 is 0. The molecule has 0 bridgehead atoms. The lowest BCUT2D eigenvalue weighted by Crippen LogP contribution is -2.44. The van der Waals surface area contributed by atoms with Gasteiger partial charge in [0.25, 0.3) is 0 Å². The molecular formula is C17H27N3O. The predicted octanol–water partition coefficient (Wildman–Crippen LogP) is 2.19. The number of likely N-dealkylation sites (tertiary alicyclic amines) is 1. The van der Waals surface area contributed by atoms with Crippen LogP contribution in [0.15, 0.2) is 24.3 Å². The topological polar surface area (TPSA) is 58.4 Å². The van der Waals surface area contributed by atoms with Crippen molar-refractivity contribution in [2.24, 2.45) is 0 Å². The molecule has 1 fully saturated rings. The molecule has 4 nitrogen and oxygen atoms in total. The Morgan fingerprint density at radius 2 is 2.00 bits per heavy atom. The summed E-state index contributed by atoms with van der Waals surface area (Å²) in [6, 6.07) is 8.17. The summed E-state index contributed by atoms with van der Waals surface area (Å²) in [4.78, 5) is 14.4. The third-order valence-corrected chi connectivity index (χ3v) is 4.29. The molecule has 1 heterocycles. The number of piperidine rings is 1. The molecule has 1 unspecified atom stereocenters. The van der Waals surface area contributed by atoms with Crippen molar-refractivity contribution in [1.82, 2.24) is 10.2 Å². The largest absolute Gasteiger partial charge is 0.399 e. The van der Waals surface area contributed by atoms with E-state index in [0.29, 0.717) is 18.9 Å². The maximum atomic E-state index is 11.9. The molecule has 0 radical (unpaired) electrons. The zero-order valence-electron chi connectivity index (χ0n) is 13.0. The standard InChI is InChI=1S/C17H27N3O/c1-14(20-11-5-2-6-12-20)13-19-17(21)10-9-15-7-3-4-8-16(15)18/h3-4,7-8,14H,2,5-6,9-13,18H2,1H3,(H,19,21). The van der Waals surface area contributed by atoms with Crippen molar-refractivity contribution in [3.05, 3.63) is 29.8 Å². The van der Waals surface area contributed by atoms with E-state index in [1.807, 2.05) is 24.3 Å². The van der Waals surface area contributed by atoms with Crippen LogP contribution in [0.25, 0.3) is 0 Å². The van der Waals surface area contributed by atoms with Gasteiger partial charge in [-0.3, -0.25) is 9.69 Å². The Morgan fingerprint density at radius 1 is 1.29 bits per heavy atom. The third kappa shape index (κ3) is 5.05. The first-order chi connectivity index (χ1) is 10.2. The van der Waals surface area contributed by atoms with Crippen LogP contribution in [0.2, 0.25) is 0 Å². The van der Waals surface area contributed by atoms with Crippen molar-refractivity contribution in [2.45, 2.75) is 45.1 Å². The molecule has 1 atom stereocenters. The molecule has 1 aliphatic rings. The van der Waals surface area contributed by atoms with Crippen LogP contribution in [0.3, 0.4) is 0 Å². The maximum absolute atomic E-state index is 11.9. The molecule has 1 saturated heterocycles. The Balaban J connectivity index is 1.68. The SMILES string of the molecule is CC(CNC(=O)CCc1ccccc1N)N1CCCCC1. The van der Waals surface area contributed by atoms with Crippen molar-refractivity contribution in [3.63, 3.8) is 0 Å². The van der Waals surface area contributed by atoms with Crippen LogP contribution in [0.1, 0.15) is 38.2 Å². The molecule has 0 aliphatic carbocycles. The first-order valence-corrected chi connectivity index (χ1v) is 8.01. The number of carbonyl (C=O) groups is 1. The molecule has 4 heteroatoms. The molecular weight excluding hydrogens is 262 g/mol. The number of nitrogen functional groups attached to an aromatic ring is 1. The van der Waals surface area contributed by atoms with Crippen molar-refractivity contribution in [1.29, 1.82) is 0 Å². The number of para-hydroxylation sites is 1. The van der Waals surface area contributed by atoms with Crippen LogP contribution in [-0.4, -0.2) is 36.5 Å². The number of amides is 1. The summed E-state index contributed by atoms with van der Waals surface area (Å²) in [5.74, 6) is 0.113. The lowest BCUT2D eigenvalue weighted by molar-refractivity contribution is -0.121. The molecule has 1 amide bonds. The summed E-state index contributed by atoms with van der Waals surface area (Å²) in [6.07, 6.45) is 5.11. The Kier molecular flexibility index (Phi) is 6.05. The number of nitrogens with zero attached hydrogens (tertiary/aromatic N) is 1. The van der Waals surface area contributed by atoms with Gasteiger partial charge in [0.1, 0.15) is 0 Å². The number of nitrogens with one attached hydrogen (secondary N) is 1. The number of benzene rings is 1. The van der Waals surface area contributed by atoms with Gasteiger partial charge in [-0.1, -0.05) is 24.6 Å². The summed E-state index contributed by atoms with van der Waals surface area (Å²) in [6.45, 7) is 5.26. The van der Waals surface area contributed by atoms with E-state index in [2.05, 4.69) is 17.1 Å². The average Bonchev–Trinajstić information content (AvgIpc) is 2.52. The second-order valence-electron chi connectivity index (χ2n) is 5.95. The minimum absolute atomic E-state index is 0.113. The van der Waals surface area contributed by atoms with E-state index in [0.717, 1.165) is 30.9 Å². The molecule has 1 aromatic rings. The fourth-order valence-corrected chi connectivity index (χ4v) is 2.85. The van der Waals surface area contributed by atoms with Crippen LogP contribution in [-0.2, 0) is 11.2 Å². The monoisotopic (exact) mass is 289 g/mol. The lowest BCUT2D eigenvalue weighted by Gasteiger charge is -2.32. The highest BCUT2D eigenvalue weighted by Gasteiger charge is 2.17. The smallest absolute Gasteiger partial charge is 0.220 e. The van der Waals surface area contributed by atoms with E-state index in [-0.39, 0.29) is 5.91 Å². The van der Waals surface area contributed by atoms with Crippen LogP contribution >= 0.6 is 0 Å². The zero-order chi connectivity index (χ0) is 15.1. The fraction of sp³-hybridized carbons (Fsp3) is 0.588. The van der Waals surface area contributed by atoms with E-state index in [4.69, 9.17) is 5.73 Å². The van der Waals surface area contributed by atoms with Crippen LogP contribution < -0.4 is 11.1 Å². The number of hydrogen-bond donors (Lipinski definition) is 2. The Hall–Kier alpha value is -1.55. The van der Waals surface area contributed by atoms with Gasteiger partial charge in [-0.15, -0.1) is 0 Å². The molecule has 0 aromatic heterocycles. The number of rotatable bonds is 6. The molecule has 2 rings (SSSR count). The molecule has 1 aromatic carbocycles. The Bertz CT molecular complexity index is 455. The third-order valence-electron chi connectivity index (χ3n) is 4.29. The van der Waals surface area contributed by atoms with Crippen LogP contribution in [0.5, 0.6) is 0 Å². The number of hydrogen-bond acceptors (Lipinski definition) is 3. The minimum atomic E-state index is 0.113. The molecule has 1 aliphatic heterocycles. The number of anilines is 1. The zero-order valence-corrected chi connectivity index (χ0v) is 13.0. The van der Waals surface area contributed by atoms with E-state index in [1.54, 1.807) is 0 Å². The van der Waals surface area contributed by atoms with Crippen molar-refractivity contribution >= 4 is 11.6 Å². The van der Waals surface area contributed by atoms with Gasteiger partial charge in [-0.05, 0) is 50.9 Å². The van der Waals surface area contributed by atoms with Gasteiger partial charge in [0.05, 0.1) is 0 Å². The molecule has 21 heavy (non-hydrogen) atoms. The second kappa shape index (κ2) is 8.03. The summed E-state index contributed by atoms with van der Waals surface area (Å²) in [5, 5.41) is 3.05. The van der Waals surface area contributed by atoms with Gasteiger partial charge in [-0.25, -0.2) is 0 Å². The van der Waals surface area contributed by atoms with Crippen molar-refractivity contribution < 1.29 is 4.79 Å². The van der Waals surface area contributed by atoms with E-state index in [9.17, 15) is 4.79 Å². The fourth-order valence-electron chi connectivity index (χ4n) is 2.85. The average molecular weight is 289 g/mol. The maximum Gasteiger partial charge on any atom is 0.220 e. The van der Waals surface area contributed by atoms with Gasteiger partial charge in [0, 0.05) is 24.7 Å². The van der Waals surface area contributed by atoms with Crippen LogP contribution in [0.4, 0.5) is 5.69 Å².